The highest BCUT2D eigenvalue weighted by Gasteiger charge is 2.44. The van der Waals surface area contributed by atoms with Gasteiger partial charge in [0.2, 0.25) is 5.91 Å². The maximum atomic E-state index is 12.9. The highest BCUT2D eigenvalue weighted by Crippen LogP contribution is 2.22. The lowest BCUT2D eigenvalue weighted by Crippen LogP contribution is -2.60. The second-order valence-electron chi connectivity index (χ2n) is 14.8. The van der Waals surface area contributed by atoms with Gasteiger partial charge in [-0.15, -0.1) is 0 Å². The van der Waals surface area contributed by atoms with E-state index >= 15 is 0 Å². The van der Waals surface area contributed by atoms with E-state index in [0.29, 0.717) is 6.42 Å². The van der Waals surface area contributed by atoms with E-state index in [1.54, 1.807) is 6.08 Å². The maximum Gasteiger partial charge on any atom is 0.220 e. The van der Waals surface area contributed by atoms with E-state index in [2.05, 4.69) is 43.5 Å². The molecular formula is C43H79NO8. The van der Waals surface area contributed by atoms with E-state index < -0.39 is 49.5 Å². The molecule has 1 aliphatic heterocycles. The molecule has 52 heavy (non-hydrogen) atoms. The first kappa shape index (κ1) is 48.4. The molecule has 1 fully saturated rings. The number of carbonyl (C=O) groups is 1. The summed E-state index contributed by atoms with van der Waals surface area (Å²) in [5, 5.41) is 53.8. The first-order valence-electron chi connectivity index (χ1n) is 21.2. The van der Waals surface area contributed by atoms with Gasteiger partial charge in [0.1, 0.15) is 24.4 Å². The average molecular weight is 738 g/mol. The topological polar surface area (TPSA) is 149 Å². The number of aliphatic hydroxyl groups excluding tert-OH is 5. The summed E-state index contributed by atoms with van der Waals surface area (Å²) in [6, 6.07) is -0.803. The molecule has 1 rings (SSSR count). The van der Waals surface area contributed by atoms with E-state index in [1.807, 2.05) is 6.08 Å². The van der Waals surface area contributed by atoms with Crippen LogP contribution in [0.25, 0.3) is 0 Å². The van der Waals surface area contributed by atoms with Crippen molar-refractivity contribution in [3.63, 3.8) is 0 Å². The van der Waals surface area contributed by atoms with Gasteiger partial charge in [-0.05, 0) is 51.4 Å². The summed E-state index contributed by atoms with van der Waals surface area (Å²) in [5.74, 6) is -0.186. The van der Waals surface area contributed by atoms with Crippen LogP contribution in [0.2, 0.25) is 0 Å². The highest BCUT2D eigenvalue weighted by molar-refractivity contribution is 5.76. The molecule has 0 bridgehead atoms. The molecule has 0 aromatic heterocycles. The number of nitrogens with one attached hydrogen (secondary N) is 1. The van der Waals surface area contributed by atoms with Gasteiger partial charge >= 0.3 is 0 Å². The Bertz CT molecular complexity index is 910. The monoisotopic (exact) mass is 738 g/mol. The Balaban J connectivity index is 2.29. The summed E-state index contributed by atoms with van der Waals surface area (Å²) in [4.78, 5) is 12.9. The molecule has 0 saturated carbocycles. The van der Waals surface area contributed by atoms with Crippen molar-refractivity contribution in [1.29, 1.82) is 0 Å². The van der Waals surface area contributed by atoms with Crippen molar-refractivity contribution < 1.29 is 39.8 Å². The van der Waals surface area contributed by atoms with Gasteiger partial charge in [-0.2, -0.15) is 0 Å². The van der Waals surface area contributed by atoms with Gasteiger partial charge in [-0.25, -0.2) is 0 Å². The van der Waals surface area contributed by atoms with Crippen LogP contribution >= 0.6 is 0 Å². The number of ether oxygens (including phenoxy) is 2. The first-order chi connectivity index (χ1) is 25.3. The van der Waals surface area contributed by atoms with Crippen LogP contribution in [0.1, 0.15) is 174 Å². The summed E-state index contributed by atoms with van der Waals surface area (Å²) in [6.07, 6.45) is 33.4. The van der Waals surface area contributed by atoms with Crippen LogP contribution in [-0.2, 0) is 14.3 Å². The van der Waals surface area contributed by atoms with Crippen LogP contribution in [0.4, 0.5) is 0 Å². The van der Waals surface area contributed by atoms with Gasteiger partial charge in [-0.3, -0.25) is 4.79 Å². The quantitative estimate of drug-likeness (QED) is 0.0287. The SMILES string of the molecule is CCCCCCC/C=C\C/C=C\CCCCCCCCCCCC(=O)NC(COC1OC(CO)C(O)C(O)C1O)C(O)/C=C/CCCCCCCC. The molecule has 1 saturated heterocycles. The molecule has 9 heteroatoms. The third-order valence-electron chi connectivity index (χ3n) is 9.96. The summed E-state index contributed by atoms with van der Waals surface area (Å²) in [5.41, 5.74) is 0. The number of carbonyl (C=O) groups excluding carboxylic acids is 1. The van der Waals surface area contributed by atoms with E-state index in [0.717, 1.165) is 44.9 Å². The van der Waals surface area contributed by atoms with E-state index in [-0.39, 0.29) is 12.5 Å². The normalized spacial score (nSPS) is 22.2. The Morgan fingerprint density at radius 3 is 1.65 bits per heavy atom. The second kappa shape index (κ2) is 33.9. The minimum atomic E-state index is -1.56. The lowest BCUT2D eigenvalue weighted by atomic mass is 9.99. The Morgan fingerprint density at radius 1 is 0.654 bits per heavy atom. The number of hydrogen-bond donors (Lipinski definition) is 6. The fourth-order valence-electron chi connectivity index (χ4n) is 6.48. The minimum Gasteiger partial charge on any atom is -0.394 e. The smallest absolute Gasteiger partial charge is 0.220 e. The lowest BCUT2D eigenvalue weighted by molar-refractivity contribution is -0.302. The summed E-state index contributed by atoms with van der Waals surface area (Å²) >= 11 is 0. The predicted octanol–water partition coefficient (Wildman–Crippen LogP) is 8.11. The summed E-state index contributed by atoms with van der Waals surface area (Å²) < 4.78 is 11.1. The van der Waals surface area contributed by atoms with Crippen molar-refractivity contribution in [2.75, 3.05) is 13.2 Å². The molecule has 7 atom stereocenters. The number of amides is 1. The van der Waals surface area contributed by atoms with Crippen molar-refractivity contribution in [2.45, 2.75) is 217 Å². The van der Waals surface area contributed by atoms with Gasteiger partial charge in [-0.1, -0.05) is 153 Å². The molecule has 6 N–H and O–H groups in total. The second-order valence-corrected chi connectivity index (χ2v) is 14.8. The van der Waals surface area contributed by atoms with Crippen molar-refractivity contribution in [2.24, 2.45) is 0 Å². The molecule has 1 heterocycles. The van der Waals surface area contributed by atoms with Crippen LogP contribution in [0.3, 0.4) is 0 Å². The minimum absolute atomic E-state index is 0.186. The Kier molecular flexibility index (Phi) is 31.6. The maximum absolute atomic E-state index is 12.9. The molecular weight excluding hydrogens is 658 g/mol. The number of unbranched alkanes of at least 4 members (excludes halogenated alkanes) is 20. The Labute approximate surface area is 317 Å². The van der Waals surface area contributed by atoms with Gasteiger partial charge in [0.25, 0.3) is 0 Å². The van der Waals surface area contributed by atoms with Gasteiger partial charge in [0.05, 0.1) is 25.4 Å². The number of rotatable bonds is 34. The molecule has 9 nitrogen and oxygen atoms in total. The fourth-order valence-corrected chi connectivity index (χ4v) is 6.48. The van der Waals surface area contributed by atoms with Crippen molar-refractivity contribution in [3.8, 4) is 0 Å². The zero-order valence-electron chi connectivity index (χ0n) is 33.1. The van der Waals surface area contributed by atoms with Crippen molar-refractivity contribution in [1.82, 2.24) is 5.32 Å². The number of allylic oxidation sites excluding steroid dienone is 5. The molecule has 0 radical (unpaired) electrons. The lowest BCUT2D eigenvalue weighted by Gasteiger charge is -2.40. The van der Waals surface area contributed by atoms with E-state index in [9.17, 15) is 30.3 Å². The zero-order valence-corrected chi connectivity index (χ0v) is 33.1. The third kappa shape index (κ3) is 24.7. The summed E-state index contributed by atoms with van der Waals surface area (Å²) in [7, 11) is 0. The first-order valence-corrected chi connectivity index (χ1v) is 21.2. The molecule has 304 valence electrons. The molecule has 1 amide bonds. The molecule has 1 aliphatic rings. The van der Waals surface area contributed by atoms with E-state index in [1.165, 1.54) is 109 Å². The third-order valence-corrected chi connectivity index (χ3v) is 9.96. The van der Waals surface area contributed by atoms with Gasteiger partial charge < -0.3 is 40.3 Å². The van der Waals surface area contributed by atoms with Crippen molar-refractivity contribution >= 4 is 5.91 Å². The van der Waals surface area contributed by atoms with Crippen molar-refractivity contribution in [3.05, 3.63) is 36.5 Å². The standard InChI is InChI=1S/C43H79NO8/c1-3-5-7-9-11-13-14-15-16-17-18-19-20-21-22-23-24-25-27-29-31-33-39(47)44-36(37(46)32-30-28-26-12-10-8-6-4-2)35-51-43-42(50)41(49)40(48)38(34-45)52-43/h14-15,17-18,30,32,36-38,40-43,45-46,48-50H,3-13,16,19-29,31,33-35H2,1-2H3,(H,44,47)/b15-14-,18-17-,32-30+. The zero-order chi connectivity index (χ0) is 38.1. The highest BCUT2D eigenvalue weighted by atomic mass is 16.7. The van der Waals surface area contributed by atoms with Crippen LogP contribution in [0.5, 0.6) is 0 Å². The van der Waals surface area contributed by atoms with Crippen LogP contribution in [0.15, 0.2) is 36.5 Å². The molecule has 0 aromatic carbocycles. The number of hydrogen-bond acceptors (Lipinski definition) is 8. The molecule has 0 aliphatic carbocycles. The predicted molar refractivity (Wildman–Crippen MR) is 212 cm³/mol. The molecule has 0 spiro atoms. The van der Waals surface area contributed by atoms with Gasteiger partial charge in [0, 0.05) is 6.42 Å². The van der Waals surface area contributed by atoms with Crippen LogP contribution in [-0.4, -0.2) is 87.5 Å². The summed E-state index contributed by atoms with van der Waals surface area (Å²) in [6.45, 7) is 3.70. The molecule has 0 aromatic rings. The fraction of sp³-hybridized carbons (Fsp3) is 0.837. The van der Waals surface area contributed by atoms with Gasteiger partial charge in [0.15, 0.2) is 6.29 Å². The van der Waals surface area contributed by atoms with E-state index in [4.69, 9.17) is 9.47 Å². The average Bonchev–Trinajstić information content (AvgIpc) is 3.14. The molecule has 7 unspecified atom stereocenters. The van der Waals surface area contributed by atoms with Crippen LogP contribution < -0.4 is 5.32 Å². The Morgan fingerprint density at radius 2 is 1.13 bits per heavy atom. The number of aliphatic hydroxyl groups is 5. The van der Waals surface area contributed by atoms with Crippen LogP contribution in [0, 0.1) is 0 Å². The largest absolute Gasteiger partial charge is 0.394 e. The Hall–Kier alpha value is -1.59.